The Kier molecular flexibility index (Phi) is 8.91. The van der Waals surface area contributed by atoms with E-state index >= 15 is 0 Å². The van der Waals surface area contributed by atoms with E-state index in [1.807, 2.05) is 12.1 Å². The van der Waals surface area contributed by atoms with E-state index in [0.29, 0.717) is 22.7 Å². The lowest BCUT2D eigenvalue weighted by molar-refractivity contribution is -0.115. The summed E-state index contributed by atoms with van der Waals surface area (Å²) in [4.78, 5) is 50.7. The molecular weight excluding hydrogens is 524 g/mol. The number of methoxy groups -OCH3 is 1. The number of carbonyl (C=O) groups is 4. The Morgan fingerprint density at radius 2 is 1.37 bits per heavy atom. The first-order chi connectivity index (χ1) is 19.8. The highest BCUT2D eigenvalue weighted by atomic mass is 16.5. The van der Waals surface area contributed by atoms with E-state index in [1.165, 1.54) is 42.4 Å². The van der Waals surface area contributed by atoms with E-state index in [2.05, 4.69) is 5.32 Å². The molecule has 0 saturated heterocycles. The van der Waals surface area contributed by atoms with Crippen LogP contribution in [0.5, 0.6) is 5.75 Å². The van der Waals surface area contributed by atoms with Crippen molar-refractivity contribution in [1.82, 2.24) is 0 Å². The molecule has 0 spiro atoms. The number of ether oxygens (including phenoxy) is 2. The molecule has 2 N–H and O–H groups in total. The molecule has 4 aromatic rings. The molecule has 0 fully saturated rings. The molecule has 0 radical (unpaired) electrons. The van der Waals surface area contributed by atoms with Crippen LogP contribution in [0.25, 0.3) is 6.08 Å². The minimum atomic E-state index is -1.07. The molecule has 206 valence electrons. The molecule has 0 unspecified atom stereocenters. The van der Waals surface area contributed by atoms with Gasteiger partial charge in [-0.15, -0.1) is 0 Å². The van der Waals surface area contributed by atoms with Crippen molar-refractivity contribution in [3.8, 4) is 5.75 Å². The molecular formula is C32H26N2O7. The average Bonchev–Trinajstić information content (AvgIpc) is 2.98. The summed E-state index contributed by atoms with van der Waals surface area (Å²) < 4.78 is 10.4. The highest BCUT2D eigenvalue weighted by Gasteiger charge is 2.18. The number of aromatic carboxylic acids is 1. The molecule has 2 amide bonds. The Bertz CT molecular complexity index is 1590. The van der Waals surface area contributed by atoms with Crippen molar-refractivity contribution in [2.24, 2.45) is 0 Å². The fourth-order valence-electron chi connectivity index (χ4n) is 3.95. The predicted octanol–water partition coefficient (Wildman–Crippen LogP) is 6.16. The number of carboxylic acids is 1. The number of nitrogens with one attached hydrogen (secondary N) is 1. The normalized spacial score (nSPS) is 10.6. The zero-order chi connectivity index (χ0) is 29.4. The van der Waals surface area contributed by atoms with E-state index in [-0.39, 0.29) is 22.7 Å². The van der Waals surface area contributed by atoms with Crippen molar-refractivity contribution in [2.75, 3.05) is 17.3 Å². The first-order valence-electron chi connectivity index (χ1n) is 12.4. The average molecular weight is 551 g/mol. The molecule has 0 atom stereocenters. The Hall–Kier alpha value is -5.70. The number of esters is 1. The highest BCUT2D eigenvalue weighted by Crippen LogP contribution is 2.27. The molecule has 0 aromatic heterocycles. The van der Waals surface area contributed by atoms with Gasteiger partial charge in [-0.25, -0.2) is 9.59 Å². The summed E-state index contributed by atoms with van der Waals surface area (Å²) in [5.74, 6) is -1.76. The molecule has 0 aliphatic heterocycles. The van der Waals surface area contributed by atoms with Crippen LogP contribution in [0.2, 0.25) is 0 Å². The minimum absolute atomic E-state index is 0.0988. The van der Waals surface area contributed by atoms with Crippen molar-refractivity contribution >= 4 is 46.9 Å². The van der Waals surface area contributed by atoms with Gasteiger partial charge in [0.25, 0.3) is 5.91 Å². The first kappa shape index (κ1) is 28.3. The molecule has 4 aromatic carbocycles. The minimum Gasteiger partial charge on any atom is -0.497 e. The van der Waals surface area contributed by atoms with Crippen LogP contribution in [0.1, 0.15) is 43.6 Å². The summed E-state index contributed by atoms with van der Waals surface area (Å²) in [6.07, 6.45) is 2.91. The number of para-hydroxylation sites is 1. The van der Waals surface area contributed by atoms with Gasteiger partial charge in [0, 0.05) is 23.9 Å². The van der Waals surface area contributed by atoms with Crippen LogP contribution >= 0.6 is 0 Å². The topological polar surface area (TPSA) is 122 Å². The second-order valence-corrected chi connectivity index (χ2v) is 8.73. The predicted molar refractivity (Wildman–Crippen MR) is 155 cm³/mol. The molecule has 0 heterocycles. The number of hydrogen-bond donors (Lipinski definition) is 2. The van der Waals surface area contributed by atoms with Gasteiger partial charge in [0.1, 0.15) is 5.75 Å². The standard InChI is InChI=1S/C32H26N2O7/c1-21(35)34(26-15-11-24(12-16-26)31(37)38)25-13-9-23(10-14-25)30(36)33-29-6-4-3-5-28(29)32(39)41-20-19-22-7-17-27(40-2)18-8-22/h3-20H,1-2H3,(H,33,36)(H,37,38)/b20-19+. The van der Waals surface area contributed by atoms with Crippen LogP contribution in [0, 0.1) is 0 Å². The molecule has 41 heavy (non-hydrogen) atoms. The van der Waals surface area contributed by atoms with Gasteiger partial charge < -0.3 is 19.9 Å². The largest absolute Gasteiger partial charge is 0.497 e. The number of anilines is 3. The summed E-state index contributed by atoms with van der Waals surface area (Å²) in [5, 5.41) is 11.9. The summed E-state index contributed by atoms with van der Waals surface area (Å²) in [6, 6.07) is 25.9. The fraction of sp³-hybridized carbons (Fsp3) is 0.0625. The van der Waals surface area contributed by atoms with Crippen LogP contribution in [-0.2, 0) is 9.53 Å². The maximum Gasteiger partial charge on any atom is 0.345 e. The lowest BCUT2D eigenvalue weighted by atomic mass is 10.1. The SMILES string of the molecule is COc1ccc(/C=C/OC(=O)c2ccccc2NC(=O)c2ccc(N(C(C)=O)c3ccc(C(=O)O)cc3)cc2)cc1. The van der Waals surface area contributed by atoms with Gasteiger partial charge in [-0.2, -0.15) is 0 Å². The van der Waals surface area contributed by atoms with Crippen LogP contribution in [0.15, 0.2) is 103 Å². The molecule has 0 saturated carbocycles. The Morgan fingerprint density at radius 1 is 0.780 bits per heavy atom. The van der Waals surface area contributed by atoms with Gasteiger partial charge in [0.05, 0.1) is 30.2 Å². The number of amides is 2. The molecule has 9 nitrogen and oxygen atoms in total. The number of rotatable bonds is 9. The van der Waals surface area contributed by atoms with Gasteiger partial charge in [0.15, 0.2) is 0 Å². The van der Waals surface area contributed by atoms with Crippen molar-refractivity contribution in [3.05, 3.63) is 126 Å². The number of benzene rings is 4. The van der Waals surface area contributed by atoms with Crippen LogP contribution in [0.4, 0.5) is 17.1 Å². The summed E-state index contributed by atoms with van der Waals surface area (Å²) in [6.45, 7) is 1.38. The van der Waals surface area contributed by atoms with Gasteiger partial charge in [0.2, 0.25) is 5.91 Å². The number of hydrogen-bond acceptors (Lipinski definition) is 6. The van der Waals surface area contributed by atoms with Crippen molar-refractivity contribution in [3.63, 3.8) is 0 Å². The van der Waals surface area contributed by atoms with E-state index in [1.54, 1.807) is 73.8 Å². The van der Waals surface area contributed by atoms with Gasteiger partial charge in [-0.3, -0.25) is 14.5 Å². The molecule has 0 bridgehead atoms. The van der Waals surface area contributed by atoms with Crippen molar-refractivity contribution in [2.45, 2.75) is 6.92 Å². The smallest absolute Gasteiger partial charge is 0.345 e. The monoisotopic (exact) mass is 550 g/mol. The highest BCUT2D eigenvalue weighted by molar-refractivity contribution is 6.08. The lowest BCUT2D eigenvalue weighted by Crippen LogP contribution is -2.23. The van der Waals surface area contributed by atoms with Crippen LogP contribution in [-0.4, -0.2) is 36.0 Å². The fourth-order valence-corrected chi connectivity index (χ4v) is 3.95. The molecule has 0 aliphatic rings. The second-order valence-electron chi connectivity index (χ2n) is 8.73. The van der Waals surface area contributed by atoms with Gasteiger partial charge in [-0.1, -0.05) is 24.3 Å². The maximum absolute atomic E-state index is 13.0. The van der Waals surface area contributed by atoms with E-state index in [4.69, 9.17) is 14.6 Å². The Morgan fingerprint density at radius 3 is 1.93 bits per heavy atom. The quantitative estimate of drug-likeness (QED) is 0.189. The van der Waals surface area contributed by atoms with Gasteiger partial charge in [-0.05, 0) is 84.4 Å². The third-order valence-corrected chi connectivity index (χ3v) is 6.02. The third kappa shape index (κ3) is 7.04. The Labute approximate surface area is 236 Å². The number of carbonyl (C=O) groups excluding carboxylic acids is 3. The zero-order valence-electron chi connectivity index (χ0n) is 22.2. The summed E-state index contributed by atoms with van der Waals surface area (Å²) >= 11 is 0. The summed E-state index contributed by atoms with van der Waals surface area (Å²) in [7, 11) is 1.58. The van der Waals surface area contributed by atoms with E-state index in [9.17, 15) is 19.2 Å². The van der Waals surface area contributed by atoms with Crippen LogP contribution in [0.3, 0.4) is 0 Å². The summed E-state index contributed by atoms with van der Waals surface area (Å²) in [5.41, 5.74) is 2.61. The van der Waals surface area contributed by atoms with Gasteiger partial charge >= 0.3 is 11.9 Å². The number of nitrogens with zero attached hydrogens (tertiary/aromatic N) is 1. The Balaban J connectivity index is 1.45. The first-order valence-corrected chi connectivity index (χ1v) is 12.4. The molecule has 0 aliphatic carbocycles. The lowest BCUT2D eigenvalue weighted by Gasteiger charge is -2.21. The number of carboxylic acid groups (broad SMARTS) is 1. The third-order valence-electron chi connectivity index (χ3n) is 6.02. The maximum atomic E-state index is 13.0. The zero-order valence-corrected chi connectivity index (χ0v) is 22.2. The van der Waals surface area contributed by atoms with E-state index < -0.39 is 17.8 Å². The van der Waals surface area contributed by atoms with Crippen molar-refractivity contribution in [1.29, 1.82) is 0 Å². The second kappa shape index (κ2) is 12.9. The molecule has 9 heteroatoms. The molecule has 4 rings (SSSR count). The van der Waals surface area contributed by atoms with Crippen molar-refractivity contribution < 1.29 is 33.8 Å². The van der Waals surface area contributed by atoms with E-state index in [0.717, 1.165) is 5.56 Å². The van der Waals surface area contributed by atoms with Crippen LogP contribution < -0.4 is 15.0 Å².